The first-order valence-electron chi connectivity index (χ1n) is 8.12. The Morgan fingerprint density at radius 1 is 1.24 bits per heavy atom. The van der Waals surface area contributed by atoms with E-state index in [1.807, 2.05) is 30.3 Å². The summed E-state index contributed by atoms with van der Waals surface area (Å²) in [5.74, 6) is -0.873. The van der Waals surface area contributed by atoms with Gasteiger partial charge in [0.25, 0.3) is 5.91 Å². The second-order valence-electron chi connectivity index (χ2n) is 5.83. The number of esters is 1. The largest absolute Gasteiger partial charge is 0.463 e. The third-order valence-electron chi connectivity index (χ3n) is 4.08. The molecule has 0 fully saturated rings. The minimum Gasteiger partial charge on any atom is -0.463 e. The topological polar surface area (TPSA) is 73.5 Å². The lowest BCUT2D eigenvalue weighted by Gasteiger charge is -2.13. The van der Waals surface area contributed by atoms with Crippen molar-refractivity contribution >= 4 is 23.0 Å². The number of fused-ring (bicyclic) bond motifs is 1. The van der Waals surface area contributed by atoms with E-state index in [4.69, 9.17) is 9.15 Å². The number of nitrogens with zero attached hydrogens (tertiary/aromatic N) is 1. The van der Waals surface area contributed by atoms with E-state index in [-0.39, 0.29) is 5.91 Å². The Labute approximate surface area is 145 Å². The zero-order chi connectivity index (χ0) is 17.8. The maximum atomic E-state index is 12.3. The lowest BCUT2D eigenvalue weighted by molar-refractivity contribution is -0.129. The monoisotopic (exact) mass is 340 g/mol. The third kappa shape index (κ3) is 3.74. The predicted molar refractivity (Wildman–Crippen MR) is 93.2 cm³/mol. The molecular weight excluding hydrogens is 320 g/mol. The van der Waals surface area contributed by atoms with Crippen molar-refractivity contribution in [2.75, 3.05) is 6.54 Å². The van der Waals surface area contributed by atoms with Gasteiger partial charge < -0.3 is 19.0 Å². The molecule has 3 rings (SSSR count). The van der Waals surface area contributed by atoms with Gasteiger partial charge in [-0.1, -0.05) is 30.3 Å². The quantitative estimate of drug-likeness (QED) is 0.700. The molecule has 1 aromatic carbocycles. The van der Waals surface area contributed by atoms with Crippen LogP contribution < -0.4 is 5.32 Å². The van der Waals surface area contributed by atoms with Crippen molar-refractivity contribution in [3.63, 3.8) is 0 Å². The molecule has 2 heterocycles. The zero-order valence-corrected chi connectivity index (χ0v) is 14.2. The molecule has 2 aromatic heterocycles. The highest BCUT2D eigenvalue weighted by atomic mass is 16.5. The summed E-state index contributed by atoms with van der Waals surface area (Å²) in [5, 5.41) is 2.78. The number of aromatic nitrogens is 1. The van der Waals surface area contributed by atoms with E-state index in [1.165, 1.54) is 0 Å². The minimum atomic E-state index is -0.871. The molecule has 130 valence electrons. The van der Waals surface area contributed by atoms with E-state index in [1.54, 1.807) is 36.9 Å². The van der Waals surface area contributed by atoms with Gasteiger partial charge in [-0.3, -0.25) is 4.79 Å². The molecule has 0 radical (unpaired) electrons. The first-order chi connectivity index (χ1) is 12.1. The average molecular weight is 340 g/mol. The summed E-state index contributed by atoms with van der Waals surface area (Å²) < 4.78 is 12.2. The van der Waals surface area contributed by atoms with Crippen LogP contribution in [0.25, 0.3) is 11.1 Å². The molecule has 0 aliphatic rings. The fourth-order valence-corrected chi connectivity index (χ4v) is 2.64. The molecule has 0 bridgehead atoms. The van der Waals surface area contributed by atoms with Crippen molar-refractivity contribution in [2.45, 2.75) is 19.4 Å². The molecule has 25 heavy (non-hydrogen) atoms. The molecule has 0 aliphatic heterocycles. The van der Waals surface area contributed by atoms with Gasteiger partial charge in [-0.15, -0.1) is 0 Å². The number of nitrogens with one attached hydrogen (secondary N) is 1. The van der Waals surface area contributed by atoms with Gasteiger partial charge in [-0.05, 0) is 18.9 Å². The average Bonchev–Trinajstić information content (AvgIpc) is 3.19. The molecule has 0 aliphatic carbocycles. The van der Waals surface area contributed by atoms with E-state index < -0.39 is 12.1 Å². The van der Waals surface area contributed by atoms with Crippen LogP contribution in [0, 0.1) is 0 Å². The van der Waals surface area contributed by atoms with E-state index >= 15 is 0 Å². The smallest absolute Gasteiger partial charge is 0.355 e. The van der Waals surface area contributed by atoms with Crippen LogP contribution in [0.2, 0.25) is 0 Å². The normalized spacial score (nSPS) is 12.1. The van der Waals surface area contributed by atoms with Crippen LogP contribution in [-0.2, 0) is 23.0 Å². The molecule has 1 unspecified atom stereocenters. The van der Waals surface area contributed by atoms with Crippen LogP contribution in [0.4, 0.5) is 0 Å². The van der Waals surface area contributed by atoms with Crippen LogP contribution in [-0.4, -0.2) is 29.1 Å². The zero-order valence-electron chi connectivity index (χ0n) is 14.2. The fraction of sp³-hybridized carbons (Fsp3) is 0.263. The number of rotatable bonds is 6. The van der Waals surface area contributed by atoms with Gasteiger partial charge in [0, 0.05) is 25.7 Å². The molecule has 3 aromatic rings. The summed E-state index contributed by atoms with van der Waals surface area (Å²) in [7, 11) is 1.75. The minimum absolute atomic E-state index is 0.317. The van der Waals surface area contributed by atoms with E-state index in [0.717, 1.165) is 17.5 Å². The highest BCUT2D eigenvalue weighted by Gasteiger charge is 2.22. The Morgan fingerprint density at radius 2 is 2.00 bits per heavy atom. The third-order valence-corrected chi connectivity index (χ3v) is 4.08. The van der Waals surface area contributed by atoms with E-state index in [9.17, 15) is 9.59 Å². The molecular formula is C19H20N2O4. The summed E-state index contributed by atoms with van der Waals surface area (Å²) in [6.45, 7) is 2.05. The van der Waals surface area contributed by atoms with Gasteiger partial charge in [-0.2, -0.15) is 0 Å². The van der Waals surface area contributed by atoms with E-state index in [0.29, 0.717) is 17.8 Å². The van der Waals surface area contributed by atoms with Gasteiger partial charge in [0.2, 0.25) is 0 Å². The van der Waals surface area contributed by atoms with Crippen molar-refractivity contribution in [2.24, 2.45) is 7.05 Å². The van der Waals surface area contributed by atoms with Crippen molar-refractivity contribution in [3.05, 3.63) is 60.0 Å². The second-order valence-corrected chi connectivity index (χ2v) is 5.83. The summed E-state index contributed by atoms with van der Waals surface area (Å²) in [6.07, 6.45) is 1.41. The van der Waals surface area contributed by atoms with Crippen molar-refractivity contribution in [1.82, 2.24) is 9.88 Å². The molecule has 1 amide bonds. The van der Waals surface area contributed by atoms with Crippen LogP contribution in [0.15, 0.2) is 53.1 Å². The van der Waals surface area contributed by atoms with Crippen molar-refractivity contribution in [3.8, 4) is 0 Å². The first-order valence-corrected chi connectivity index (χ1v) is 8.12. The molecule has 6 nitrogen and oxygen atoms in total. The van der Waals surface area contributed by atoms with Crippen LogP contribution >= 0.6 is 0 Å². The Bertz CT molecular complexity index is 879. The highest BCUT2D eigenvalue weighted by Crippen LogP contribution is 2.20. The Hall–Kier alpha value is -3.02. The lowest BCUT2D eigenvalue weighted by atomic mass is 10.1. The molecule has 6 heteroatoms. The van der Waals surface area contributed by atoms with Crippen LogP contribution in [0.3, 0.4) is 0 Å². The van der Waals surface area contributed by atoms with Crippen LogP contribution in [0.1, 0.15) is 23.0 Å². The Balaban J connectivity index is 1.53. The number of furan rings is 1. The Kier molecular flexibility index (Phi) is 4.88. The molecule has 1 atom stereocenters. The number of carbonyl (C=O) groups is 2. The van der Waals surface area contributed by atoms with Crippen molar-refractivity contribution < 1.29 is 18.7 Å². The van der Waals surface area contributed by atoms with Gasteiger partial charge in [0.05, 0.1) is 11.8 Å². The molecule has 0 spiro atoms. The number of amides is 1. The lowest BCUT2D eigenvalue weighted by Crippen LogP contribution is -2.37. The summed E-state index contributed by atoms with van der Waals surface area (Å²) >= 11 is 0. The van der Waals surface area contributed by atoms with Gasteiger partial charge in [0.15, 0.2) is 11.7 Å². The van der Waals surface area contributed by atoms with Gasteiger partial charge in [-0.25, -0.2) is 4.79 Å². The fourth-order valence-electron chi connectivity index (χ4n) is 2.64. The molecule has 0 saturated heterocycles. The number of aryl methyl sites for hydroxylation is 1. The second kappa shape index (κ2) is 7.25. The number of carbonyl (C=O) groups excluding carboxylic acids is 2. The van der Waals surface area contributed by atoms with Gasteiger partial charge >= 0.3 is 5.97 Å². The van der Waals surface area contributed by atoms with Gasteiger partial charge in [0.1, 0.15) is 5.69 Å². The van der Waals surface area contributed by atoms with E-state index in [2.05, 4.69) is 5.32 Å². The Morgan fingerprint density at radius 3 is 2.72 bits per heavy atom. The summed E-state index contributed by atoms with van der Waals surface area (Å²) in [6, 6.07) is 13.2. The molecule has 1 N–H and O–H groups in total. The SMILES string of the molecule is CC(OC(=O)c1cc2occc2n1C)C(=O)NCCc1ccccc1. The number of hydrogen-bond acceptors (Lipinski definition) is 4. The first kappa shape index (κ1) is 16.8. The number of benzene rings is 1. The predicted octanol–water partition coefficient (Wildman–Crippen LogP) is 2.68. The molecule has 0 saturated carbocycles. The maximum absolute atomic E-state index is 12.3. The van der Waals surface area contributed by atoms with Crippen molar-refractivity contribution in [1.29, 1.82) is 0 Å². The van der Waals surface area contributed by atoms with Crippen LogP contribution in [0.5, 0.6) is 0 Å². The standard InChI is InChI=1S/C19H20N2O4/c1-13(18(22)20-10-8-14-6-4-3-5-7-14)25-19(23)16-12-17-15(21(16)2)9-11-24-17/h3-7,9,11-13H,8,10H2,1-2H3,(H,20,22). The summed E-state index contributed by atoms with van der Waals surface area (Å²) in [4.78, 5) is 24.4. The summed E-state index contributed by atoms with van der Waals surface area (Å²) in [5.41, 5.74) is 2.89. The number of hydrogen-bond donors (Lipinski definition) is 1. The maximum Gasteiger partial charge on any atom is 0.355 e. The highest BCUT2D eigenvalue weighted by molar-refractivity contribution is 5.95. The number of ether oxygens (including phenoxy) is 1.